The van der Waals surface area contributed by atoms with E-state index in [0.717, 1.165) is 37.0 Å². The van der Waals surface area contributed by atoms with Crippen molar-refractivity contribution in [1.29, 1.82) is 0 Å². The molecule has 6 heteroatoms. The Morgan fingerprint density at radius 3 is 2.80 bits per heavy atom. The van der Waals surface area contributed by atoms with Crippen LogP contribution in [0.2, 0.25) is 0 Å². The number of hydrogen-bond donors (Lipinski definition) is 2. The fourth-order valence-corrected chi connectivity index (χ4v) is 4.08. The molecule has 1 saturated carbocycles. The summed E-state index contributed by atoms with van der Waals surface area (Å²) in [6, 6.07) is 8.73. The van der Waals surface area contributed by atoms with E-state index in [9.17, 15) is 0 Å². The number of thioether (sulfide) groups is 1. The minimum atomic E-state index is 0. The van der Waals surface area contributed by atoms with Crippen LogP contribution in [0.5, 0.6) is 5.75 Å². The summed E-state index contributed by atoms with van der Waals surface area (Å²) in [7, 11) is 0. The van der Waals surface area contributed by atoms with Gasteiger partial charge in [0.15, 0.2) is 5.96 Å². The normalized spacial score (nSPS) is 21.2. The first kappa shape index (κ1) is 20.7. The summed E-state index contributed by atoms with van der Waals surface area (Å²) in [5.74, 6) is 3.01. The van der Waals surface area contributed by atoms with E-state index < -0.39 is 0 Å². The van der Waals surface area contributed by atoms with Gasteiger partial charge in [0.25, 0.3) is 0 Å². The van der Waals surface area contributed by atoms with E-state index in [4.69, 9.17) is 9.73 Å². The van der Waals surface area contributed by atoms with Crippen LogP contribution in [0.15, 0.2) is 29.3 Å². The lowest BCUT2D eigenvalue weighted by molar-refractivity contribution is 0.0396. The molecule has 2 N–H and O–H groups in total. The average molecular weight is 475 g/mol. The lowest BCUT2D eigenvalue weighted by Gasteiger charge is -2.40. The Morgan fingerprint density at radius 1 is 1.32 bits per heavy atom. The van der Waals surface area contributed by atoms with Crippen molar-refractivity contribution >= 4 is 41.7 Å². The van der Waals surface area contributed by atoms with Crippen LogP contribution in [-0.4, -0.2) is 36.7 Å². The summed E-state index contributed by atoms with van der Waals surface area (Å²) in [6.07, 6.45) is 8.03. The number of halogens is 1. The number of para-hydroxylation sites is 1. The summed E-state index contributed by atoms with van der Waals surface area (Å²) in [6.45, 7) is 3.83. The number of guanidine groups is 1. The van der Waals surface area contributed by atoms with Crippen LogP contribution in [0.1, 0.15) is 50.6 Å². The maximum atomic E-state index is 6.45. The van der Waals surface area contributed by atoms with E-state index in [2.05, 4.69) is 48.1 Å². The van der Waals surface area contributed by atoms with Gasteiger partial charge in [-0.15, -0.1) is 24.0 Å². The smallest absolute Gasteiger partial charge is 0.191 e. The van der Waals surface area contributed by atoms with Crippen LogP contribution >= 0.6 is 35.7 Å². The summed E-state index contributed by atoms with van der Waals surface area (Å²) in [5, 5.41) is 7.06. The highest BCUT2D eigenvalue weighted by Gasteiger charge is 2.43. The van der Waals surface area contributed by atoms with Crippen LogP contribution in [-0.2, 0) is 0 Å². The SMILES string of the molecule is CCNC(=NCCSC)NC1CC2(CCCC2)Oc2ccccc21.I. The molecule has 1 aliphatic heterocycles. The van der Waals surface area contributed by atoms with Crippen LogP contribution in [0.3, 0.4) is 0 Å². The predicted octanol–water partition coefficient (Wildman–Crippen LogP) is 4.36. The molecule has 4 nitrogen and oxygen atoms in total. The minimum Gasteiger partial charge on any atom is -0.487 e. The Hall–Kier alpha value is -0.630. The predicted molar refractivity (Wildman–Crippen MR) is 119 cm³/mol. The average Bonchev–Trinajstić information content (AvgIpc) is 3.02. The molecule has 1 aromatic rings. The van der Waals surface area contributed by atoms with Gasteiger partial charge < -0.3 is 15.4 Å². The molecule has 0 amide bonds. The Kier molecular flexibility index (Phi) is 8.19. The Bertz CT molecular complexity index is 576. The molecule has 1 aliphatic carbocycles. The van der Waals surface area contributed by atoms with Crippen LogP contribution in [0, 0.1) is 0 Å². The van der Waals surface area contributed by atoms with Crippen molar-refractivity contribution in [2.75, 3.05) is 25.1 Å². The molecular formula is C19H30IN3OS. The maximum Gasteiger partial charge on any atom is 0.191 e. The largest absolute Gasteiger partial charge is 0.487 e. The second kappa shape index (κ2) is 9.90. The molecule has 25 heavy (non-hydrogen) atoms. The second-order valence-corrected chi connectivity index (χ2v) is 7.67. The Morgan fingerprint density at radius 2 is 2.08 bits per heavy atom. The third-order valence-corrected chi connectivity index (χ3v) is 5.52. The highest BCUT2D eigenvalue weighted by atomic mass is 127. The number of aliphatic imine (C=N–C) groups is 1. The van der Waals surface area contributed by atoms with Gasteiger partial charge in [-0.25, -0.2) is 0 Å². The van der Waals surface area contributed by atoms with Crippen LogP contribution < -0.4 is 15.4 Å². The minimum absolute atomic E-state index is 0. The zero-order valence-corrected chi connectivity index (χ0v) is 18.4. The van der Waals surface area contributed by atoms with E-state index in [0.29, 0.717) is 0 Å². The molecule has 1 spiro atoms. The van der Waals surface area contributed by atoms with Crippen molar-refractivity contribution < 1.29 is 4.74 Å². The van der Waals surface area contributed by atoms with Crippen molar-refractivity contribution in [3.63, 3.8) is 0 Å². The van der Waals surface area contributed by atoms with Gasteiger partial charge >= 0.3 is 0 Å². The summed E-state index contributed by atoms with van der Waals surface area (Å²) < 4.78 is 6.45. The van der Waals surface area contributed by atoms with Crippen molar-refractivity contribution in [1.82, 2.24) is 10.6 Å². The number of rotatable bonds is 5. The molecule has 2 aliphatic rings. The van der Waals surface area contributed by atoms with E-state index in [-0.39, 0.29) is 35.6 Å². The van der Waals surface area contributed by atoms with E-state index in [1.54, 1.807) is 0 Å². The van der Waals surface area contributed by atoms with E-state index in [1.165, 1.54) is 31.2 Å². The zero-order valence-electron chi connectivity index (χ0n) is 15.2. The van der Waals surface area contributed by atoms with Crippen molar-refractivity contribution in [3.05, 3.63) is 29.8 Å². The summed E-state index contributed by atoms with van der Waals surface area (Å²) >= 11 is 1.83. The van der Waals surface area contributed by atoms with Gasteiger partial charge in [0.1, 0.15) is 11.4 Å². The van der Waals surface area contributed by atoms with Crippen molar-refractivity contribution in [2.45, 2.75) is 50.7 Å². The van der Waals surface area contributed by atoms with Gasteiger partial charge in [-0.2, -0.15) is 11.8 Å². The third kappa shape index (κ3) is 5.18. The lowest BCUT2D eigenvalue weighted by Crippen LogP contribution is -2.46. The zero-order chi connectivity index (χ0) is 16.8. The number of nitrogens with zero attached hydrogens (tertiary/aromatic N) is 1. The molecular weight excluding hydrogens is 445 g/mol. The lowest BCUT2D eigenvalue weighted by atomic mass is 9.86. The Balaban J connectivity index is 0.00000225. The fourth-order valence-electron chi connectivity index (χ4n) is 3.81. The maximum absolute atomic E-state index is 6.45. The van der Waals surface area contributed by atoms with Gasteiger partial charge in [-0.1, -0.05) is 18.2 Å². The van der Waals surface area contributed by atoms with Gasteiger partial charge in [0.2, 0.25) is 0 Å². The Labute approximate surface area is 173 Å². The monoisotopic (exact) mass is 475 g/mol. The first-order chi connectivity index (χ1) is 11.8. The number of fused-ring (bicyclic) bond motifs is 1. The first-order valence-electron chi connectivity index (χ1n) is 9.08. The van der Waals surface area contributed by atoms with E-state index >= 15 is 0 Å². The van der Waals surface area contributed by atoms with Crippen molar-refractivity contribution in [2.24, 2.45) is 4.99 Å². The number of hydrogen-bond acceptors (Lipinski definition) is 3. The molecule has 0 saturated heterocycles. The highest BCUT2D eigenvalue weighted by Crippen LogP contribution is 2.46. The molecule has 1 unspecified atom stereocenters. The van der Waals surface area contributed by atoms with Gasteiger partial charge in [0.05, 0.1) is 12.6 Å². The fraction of sp³-hybridized carbons (Fsp3) is 0.632. The van der Waals surface area contributed by atoms with Gasteiger partial charge in [-0.3, -0.25) is 4.99 Å². The molecule has 1 fully saturated rings. The molecule has 1 aromatic carbocycles. The molecule has 1 atom stereocenters. The number of benzene rings is 1. The van der Waals surface area contributed by atoms with Crippen LogP contribution in [0.25, 0.3) is 0 Å². The molecule has 0 bridgehead atoms. The standard InChI is InChI=1S/C19H29N3OS.HI/c1-3-20-18(21-12-13-24-2)22-16-14-19(10-6-7-11-19)23-17-9-5-4-8-15(16)17;/h4-5,8-9,16H,3,6-7,10-14H2,1-2H3,(H2,20,21,22);1H. The van der Waals surface area contributed by atoms with Gasteiger partial charge in [0, 0.05) is 24.3 Å². The molecule has 0 radical (unpaired) electrons. The molecule has 140 valence electrons. The highest BCUT2D eigenvalue weighted by molar-refractivity contribution is 14.0. The van der Waals surface area contributed by atoms with E-state index in [1.807, 2.05) is 11.8 Å². The number of ether oxygens (including phenoxy) is 1. The van der Waals surface area contributed by atoms with Crippen LogP contribution in [0.4, 0.5) is 0 Å². The van der Waals surface area contributed by atoms with Gasteiger partial charge in [-0.05, 0) is 44.9 Å². The third-order valence-electron chi connectivity index (χ3n) is 4.93. The first-order valence-corrected chi connectivity index (χ1v) is 10.5. The molecule has 0 aromatic heterocycles. The topological polar surface area (TPSA) is 45.7 Å². The molecule has 1 heterocycles. The number of nitrogens with one attached hydrogen (secondary N) is 2. The molecule has 3 rings (SSSR count). The quantitative estimate of drug-likeness (QED) is 0.288. The summed E-state index contributed by atoms with van der Waals surface area (Å²) in [4.78, 5) is 4.72. The van der Waals surface area contributed by atoms with Crippen molar-refractivity contribution in [3.8, 4) is 5.75 Å². The second-order valence-electron chi connectivity index (χ2n) is 6.68. The summed E-state index contributed by atoms with van der Waals surface area (Å²) in [5.41, 5.74) is 1.27.